The Balaban J connectivity index is 1.05. The van der Waals surface area contributed by atoms with Crippen LogP contribution in [0, 0.1) is 17.6 Å². The maximum atomic E-state index is 15.7. The van der Waals surface area contributed by atoms with Crippen molar-refractivity contribution in [3.63, 3.8) is 0 Å². The zero-order chi connectivity index (χ0) is 41.1. The Morgan fingerprint density at radius 1 is 0.776 bits per heavy atom. The van der Waals surface area contributed by atoms with Crippen molar-refractivity contribution >= 4 is 24.0 Å². The van der Waals surface area contributed by atoms with Gasteiger partial charge in [0.15, 0.2) is 0 Å². The summed E-state index contributed by atoms with van der Waals surface area (Å²) in [5.74, 6) is -1.01. The van der Waals surface area contributed by atoms with Crippen molar-refractivity contribution in [1.82, 2.24) is 40.4 Å². The van der Waals surface area contributed by atoms with Gasteiger partial charge < -0.3 is 40.2 Å². The number of aromatic nitrogens is 4. The smallest absolute Gasteiger partial charge is 0.407 e. The molecule has 5 aromatic rings. The lowest BCUT2D eigenvalue weighted by Gasteiger charge is -2.30. The molecule has 0 radical (unpaired) electrons. The SMILES string of the molecule is COC(=O)N[C@H](C(=O)N1CCC[C@H]1c1ncc(-c2ccc(-c3ccc(-c4cnc([C@@H]5CCCN5C(=O)[C@H](NC(=O)O)c5ccccc5)[nH]4)c(F)c3)cc2F)[nH]1)C(C)C. The zero-order valence-electron chi connectivity index (χ0n) is 32.2. The van der Waals surface area contributed by atoms with Crippen molar-refractivity contribution in [3.05, 3.63) is 108 Å². The van der Waals surface area contributed by atoms with Gasteiger partial charge >= 0.3 is 12.2 Å². The van der Waals surface area contributed by atoms with E-state index in [-0.39, 0.29) is 29.0 Å². The second kappa shape index (κ2) is 16.9. The summed E-state index contributed by atoms with van der Waals surface area (Å²) < 4.78 is 36.2. The molecule has 2 aliphatic heterocycles. The minimum Gasteiger partial charge on any atom is -0.465 e. The Kier molecular flexibility index (Phi) is 11.5. The number of aromatic amines is 2. The van der Waals surface area contributed by atoms with E-state index in [2.05, 4.69) is 30.6 Å². The highest BCUT2D eigenvalue weighted by molar-refractivity contribution is 5.87. The van der Waals surface area contributed by atoms with Crippen LogP contribution in [-0.4, -0.2) is 85.1 Å². The van der Waals surface area contributed by atoms with Crippen LogP contribution in [0.1, 0.15) is 74.9 Å². The number of carbonyl (C=O) groups is 4. The highest BCUT2D eigenvalue weighted by Crippen LogP contribution is 2.37. The Morgan fingerprint density at radius 3 is 1.76 bits per heavy atom. The number of carbonyl (C=O) groups excluding carboxylic acids is 3. The van der Waals surface area contributed by atoms with E-state index in [4.69, 9.17) is 4.74 Å². The third kappa shape index (κ3) is 8.12. The number of methoxy groups -OCH3 is 1. The summed E-state index contributed by atoms with van der Waals surface area (Å²) in [5.41, 5.74) is 2.70. The fourth-order valence-electron chi connectivity index (χ4n) is 7.84. The van der Waals surface area contributed by atoms with E-state index < -0.39 is 47.9 Å². The van der Waals surface area contributed by atoms with E-state index in [1.807, 2.05) is 13.8 Å². The lowest BCUT2D eigenvalue weighted by molar-refractivity contribution is -0.135. The van der Waals surface area contributed by atoms with Gasteiger partial charge in [0.1, 0.15) is 35.4 Å². The number of likely N-dealkylation sites (tertiary alicyclic amines) is 2. The molecule has 16 heteroatoms. The molecule has 2 aromatic heterocycles. The standard InChI is InChI=1S/C42H44F2N8O6/c1-23(2)35(50-42(57)58-3)39(53)51-17-7-11-33(51)37-45-21-31(47-37)27-15-13-25(19-29(27)43)26-14-16-28(30(44)20-26)32-22-46-38(48-32)34-12-8-18-52(34)40(54)36(49-41(55)56)24-9-5-4-6-10-24/h4-6,9-10,13-16,19-23,33-36,49H,7-8,11-12,17-18H2,1-3H3,(H,45,47)(H,46,48)(H,50,57)(H,55,56)/t33-,34-,35-,36+/m0/s1. The molecule has 0 saturated carbocycles. The highest BCUT2D eigenvalue weighted by Gasteiger charge is 2.39. The molecule has 5 N–H and O–H groups in total. The zero-order valence-corrected chi connectivity index (χ0v) is 32.2. The number of alkyl carbamates (subject to hydrolysis) is 1. The molecule has 14 nitrogen and oxygen atoms in total. The number of imidazole rings is 2. The van der Waals surface area contributed by atoms with Crippen LogP contribution in [0.3, 0.4) is 0 Å². The van der Waals surface area contributed by atoms with Crippen LogP contribution in [0.25, 0.3) is 33.6 Å². The highest BCUT2D eigenvalue weighted by atomic mass is 19.1. The number of hydrogen-bond acceptors (Lipinski definition) is 7. The number of hydrogen-bond donors (Lipinski definition) is 5. The third-order valence-electron chi connectivity index (χ3n) is 10.8. The van der Waals surface area contributed by atoms with Gasteiger partial charge in [-0.3, -0.25) is 9.59 Å². The molecule has 2 fully saturated rings. The van der Waals surface area contributed by atoms with Crippen LogP contribution in [0.5, 0.6) is 0 Å². The maximum Gasteiger partial charge on any atom is 0.407 e. The van der Waals surface area contributed by atoms with Crippen molar-refractivity contribution in [3.8, 4) is 33.6 Å². The molecule has 302 valence electrons. The van der Waals surface area contributed by atoms with Gasteiger partial charge in [0.05, 0.1) is 43.0 Å². The molecule has 2 saturated heterocycles. The van der Waals surface area contributed by atoms with Gasteiger partial charge in [-0.05, 0) is 72.6 Å². The van der Waals surface area contributed by atoms with Crippen LogP contribution in [0.15, 0.2) is 79.1 Å². The van der Waals surface area contributed by atoms with Crippen LogP contribution in [0.4, 0.5) is 18.4 Å². The van der Waals surface area contributed by atoms with Crippen molar-refractivity contribution in [2.45, 2.75) is 63.7 Å². The molecular weight excluding hydrogens is 751 g/mol. The third-order valence-corrected chi connectivity index (χ3v) is 10.8. The molecule has 4 heterocycles. The second-order valence-corrected chi connectivity index (χ2v) is 14.8. The molecule has 0 aliphatic carbocycles. The van der Waals surface area contributed by atoms with Crippen LogP contribution in [-0.2, 0) is 14.3 Å². The first-order valence-electron chi connectivity index (χ1n) is 19.1. The Labute approximate surface area is 333 Å². The number of nitrogens with zero attached hydrogens (tertiary/aromatic N) is 4. The Morgan fingerprint density at radius 2 is 1.29 bits per heavy atom. The molecule has 4 atom stereocenters. The van der Waals surface area contributed by atoms with E-state index in [1.54, 1.807) is 64.4 Å². The van der Waals surface area contributed by atoms with E-state index in [1.165, 1.54) is 31.6 Å². The first kappa shape index (κ1) is 39.6. The quantitative estimate of drug-likeness (QED) is 0.0935. The second-order valence-electron chi connectivity index (χ2n) is 14.8. The molecule has 0 spiro atoms. The number of halogens is 2. The van der Waals surface area contributed by atoms with Crippen molar-refractivity contribution in [1.29, 1.82) is 0 Å². The minimum absolute atomic E-state index is 0.187. The lowest BCUT2D eigenvalue weighted by atomic mass is 10.00. The van der Waals surface area contributed by atoms with Gasteiger partial charge in [-0.2, -0.15) is 0 Å². The molecule has 2 aliphatic rings. The van der Waals surface area contributed by atoms with Crippen molar-refractivity contribution in [2.75, 3.05) is 20.2 Å². The number of benzene rings is 3. The van der Waals surface area contributed by atoms with E-state index in [0.29, 0.717) is 72.1 Å². The number of ether oxygens (including phenoxy) is 1. The van der Waals surface area contributed by atoms with E-state index in [0.717, 1.165) is 6.42 Å². The van der Waals surface area contributed by atoms with Crippen molar-refractivity contribution < 1.29 is 37.8 Å². The fraction of sp³-hybridized carbons (Fsp3) is 0.333. The Hall–Kier alpha value is -6.58. The normalized spacial score (nSPS) is 17.6. The predicted octanol–water partition coefficient (Wildman–Crippen LogP) is 7.13. The van der Waals surface area contributed by atoms with Gasteiger partial charge in [-0.25, -0.2) is 28.3 Å². The summed E-state index contributed by atoms with van der Waals surface area (Å²) in [5, 5.41) is 14.4. The summed E-state index contributed by atoms with van der Waals surface area (Å²) in [7, 11) is 1.24. The molecular formula is C42H44F2N8O6. The molecule has 4 amide bonds. The van der Waals surface area contributed by atoms with Gasteiger partial charge in [-0.1, -0.05) is 56.3 Å². The average Bonchev–Trinajstić information content (AvgIpc) is 4.05. The first-order chi connectivity index (χ1) is 27.9. The summed E-state index contributed by atoms with van der Waals surface area (Å²) in [6.07, 6.45) is 3.64. The summed E-state index contributed by atoms with van der Waals surface area (Å²) >= 11 is 0. The van der Waals surface area contributed by atoms with E-state index >= 15 is 8.78 Å². The maximum absolute atomic E-state index is 15.7. The molecule has 3 aromatic carbocycles. The van der Waals surface area contributed by atoms with Gasteiger partial charge in [0, 0.05) is 24.2 Å². The summed E-state index contributed by atoms with van der Waals surface area (Å²) in [4.78, 5) is 69.4. The van der Waals surface area contributed by atoms with Gasteiger partial charge in [0.25, 0.3) is 5.91 Å². The van der Waals surface area contributed by atoms with Crippen molar-refractivity contribution in [2.24, 2.45) is 5.92 Å². The summed E-state index contributed by atoms with van der Waals surface area (Å²) in [6, 6.07) is 15.1. The monoisotopic (exact) mass is 794 g/mol. The summed E-state index contributed by atoms with van der Waals surface area (Å²) in [6.45, 7) is 4.56. The minimum atomic E-state index is -1.32. The molecule has 58 heavy (non-hydrogen) atoms. The topological polar surface area (TPSA) is 186 Å². The van der Waals surface area contributed by atoms with E-state index in [9.17, 15) is 24.3 Å². The molecule has 0 unspecified atom stereocenters. The number of carboxylic acid groups (broad SMARTS) is 1. The van der Waals surface area contributed by atoms with Crippen LogP contribution < -0.4 is 10.6 Å². The van der Waals surface area contributed by atoms with Crippen LogP contribution in [0.2, 0.25) is 0 Å². The Bertz CT molecular complexity index is 2310. The fourth-order valence-corrected chi connectivity index (χ4v) is 7.84. The molecule has 7 rings (SSSR count). The van der Waals surface area contributed by atoms with Gasteiger partial charge in [0.2, 0.25) is 5.91 Å². The number of nitrogens with one attached hydrogen (secondary N) is 4. The van der Waals surface area contributed by atoms with Gasteiger partial charge in [-0.15, -0.1) is 0 Å². The number of amides is 4. The predicted molar refractivity (Wildman–Crippen MR) is 209 cm³/mol. The lowest BCUT2D eigenvalue weighted by Crippen LogP contribution is -2.51. The first-order valence-corrected chi connectivity index (χ1v) is 19.1. The number of H-pyrrole nitrogens is 2. The average molecular weight is 795 g/mol. The van der Waals surface area contributed by atoms with Crippen LogP contribution >= 0.6 is 0 Å². The number of rotatable bonds is 11. The molecule has 0 bridgehead atoms. The largest absolute Gasteiger partial charge is 0.465 e.